The molecule has 0 saturated heterocycles. The summed E-state index contributed by atoms with van der Waals surface area (Å²) < 4.78 is 12.0. The molecule has 0 radical (unpaired) electrons. The number of hydrogen-bond acceptors (Lipinski definition) is 6. The van der Waals surface area contributed by atoms with Crippen LogP contribution >= 0.6 is 12.6 Å². The Hall–Kier alpha value is -4.94. The molecule has 0 fully saturated rings. The van der Waals surface area contributed by atoms with Crippen molar-refractivity contribution in [2.75, 3.05) is 0 Å². The van der Waals surface area contributed by atoms with Gasteiger partial charge in [-0.05, 0) is 65.2 Å². The molecule has 1 heterocycles. The lowest BCUT2D eigenvalue weighted by Crippen LogP contribution is -2.01. The van der Waals surface area contributed by atoms with E-state index in [2.05, 4.69) is 12.6 Å². The molecular formula is C36H29N3O2S. The first-order chi connectivity index (χ1) is 20.7. The fourth-order valence-corrected chi connectivity index (χ4v) is 4.62. The lowest BCUT2D eigenvalue weighted by atomic mass is 10.1. The molecule has 0 atom stereocenters. The van der Waals surface area contributed by atoms with Crippen LogP contribution in [-0.2, 0) is 19.0 Å². The maximum absolute atomic E-state index is 5.98. The van der Waals surface area contributed by atoms with E-state index in [1.807, 2.05) is 133 Å². The van der Waals surface area contributed by atoms with E-state index in [0.29, 0.717) is 36.4 Å². The smallest absolute Gasteiger partial charge is 0.164 e. The fraction of sp³-hybridized carbons (Fsp3) is 0.0833. The highest BCUT2D eigenvalue weighted by molar-refractivity contribution is 7.79. The predicted octanol–water partition coefficient (Wildman–Crippen LogP) is 8.46. The second kappa shape index (κ2) is 13.1. The van der Waals surface area contributed by atoms with Crippen molar-refractivity contribution in [3.63, 3.8) is 0 Å². The predicted molar refractivity (Wildman–Crippen MR) is 170 cm³/mol. The van der Waals surface area contributed by atoms with E-state index in [4.69, 9.17) is 24.4 Å². The van der Waals surface area contributed by atoms with E-state index in [9.17, 15) is 0 Å². The highest BCUT2D eigenvalue weighted by Crippen LogP contribution is 2.27. The van der Waals surface area contributed by atoms with Crippen LogP contribution in [0.1, 0.15) is 16.7 Å². The molecule has 5 nitrogen and oxygen atoms in total. The van der Waals surface area contributed by atoms with Gasteiger partial charge in [-0.25, -0.2) is 15.0 Å². The van der Waals surface area contributed by atoms with Crippen LogP contribution in [0.5, 0.6) is 11.5 Å². The molecule has 0 N–H and O–H groups in total. The summed E-state index contributed by atoms with van der Waals surface area (Å²) in [6, 6.07) is 44.1. The maximum Gasteiger partial charge on any atom is 0.164 e. The SMILES string of the molecule is SCc1ccc(-c2nc(-c3ccc(OCc4ccccc4)cc3)nc(-c3ccc(OCc4ccccc4)cc3)n2)cc1. The number of thiol groups is 1. The van der Waals surface area contributed by atoms with Gasteiger partial charge in [0, 0.05) is 22.4 Å². The molecule has 206 valence electrons. The Labute approximate surface area is 251 Å². The van der Waals surface area contributed by atoms with Gasteiger partial charge in [0.15, 0.2) is 17.5 Å². The Morgan fingerprint density at radius 1 is 0.405 bits per heavy atom. The molecular weight excluding hydrogens is 538 g/mol. The van der Waals surface area contributed by atoms with Crippen LogP contribution in [0.2, 0.25) is 0 Å². The average Bonchev–Trinajstić information content (AvgIpc) is 3.07. The molecule has 42 heavy (non-hydrogen) atoms. The van der Waals surface area contributed by atoms with Gasteiger partial charge in [-0.15, -0.1) is 0 Å². The molecule has 0 bridgehead atoms. The lowest BCUT2D eigenvalue weighted by molar-refractivity contribution is 0.306. The highest BCUT2D eigenvalue weighted by atomic mass is 32.1. The summed E-state index contributed by atoms with van der Waals surface area (Å²) in [7, 11) is 0. The third-order valence-electron chi connectivity index (χ3n) is 6.75. The van der Waals surface area contributed by atoms with Gasteiger partial charge < -0.3 is 9.47 Å². The summed E-state index contributed by atoms with van der Waals surface area (Å²) in [5.74, 6) is 4.02. The molecule has 0 unspecified atom stereocenters. The number of benzene rings is 5. The van der Waals surface area contributed by atoms with Crippen LogP contribution < -0.4 is 9.47 Å². The summed E-state index contributed by atoms with van der Waals surface area (Å²) in [5.41, 5.74) is 6.04. The number of rotatable bonds is 10. The summed E-state index contributed by atoms with van der Waals surface area (Å²) in [6.45, 7) is 1.02. The second-order valence-electron chi connectivity index (χ2n) is 9.76. The Kier molecular flexibility index (Phi) is 8.53. The number of hydrogen-bond donors (Lipinski definition) is 1. The van der Waals surface area contributed by atoms with Crippen LogP contribution in [0.4, 0.5) is 0 Å². The third kappa shape index (κ3) is 6.85. The van der Waals surface area contributed by atoms with Crippen molar-refractivity contribution < 1.29 is 9.47 Å². The first-order valence-electron chi connectivity index (χ1n) is 13.7. The van der Waals surface area contributed by atoms with Crippen LogP contribution in [0.15, 0.2) is 133 Å². The molecule has 0 aliphatic carbocycles. The first kappa shape index (κ1) is 27.2. The van der Waals surface area contributed by atoms with Crippen molar-refractivity contribution in [1.29, 1.82) is 0 Å². The van der Waals surface area contributed by atoms with Gasteiger partial charge in [0.2, 0.25) is 0 Å². The largest absolute Gasteiger partial charge is 0.489 e. The molecule has 0 aliphatic heterocycles. The standard InChI is InChI=1S/C36H29N3O2S/c42-25-28-11-13-29(14-12-28)34-37-35(30-15-19-32(20-16-30)40-23-26-7-3-1-4-8-26)39-36(38-34)31-17-21-33(22-18-31)41-24-27-9-5-2-6-10-27/h1-22,42H,23-25H2. The zero-order valence-corrected chi connectivity index (χ0v) is 23.8. The quantitative estimate of drug-likeness (QED) is 0.168. The monoisotopic (exact) mass is 567 g/mol. The molecule has 1 aromatic heterocycles. The maximum atomic E-state index is 5.98. The number of ether oxygens (including phenoxy) is 2. The van der Waals surface area contributed by atoms with Crippen molar-refractivity contribution in [2.24, 2.45) is 0 Å². The molecule has 0 saturated carbocycles. The van der Waals surface area contributed by atoms with Crippen molar-refractivity contribution in [2.45, 2.75) is 19.0 Å². The van der Waals surface area contributed by atoms with E-state index >= 15 is 0 Å². The molecule has 0 spiro atoms. The minimum atomic E-state index is 0.508. The Bertz CT molecular complexity index is 1620. The van der Waals surface area contributed by atoms with Crippen molar-refractivity contribution in [3.05, 3.63) is 150 Å². The van der Waals surface area contributed by atoms with E-state index < -0.39 is 0 Å². The molecule has 0 amide bonds. The first-order valence-corrected chi connectivity index (χ1v) is 14.4. The van der Waals surface area contributed by atoms with Gasteiger partial charge in [-0.1, -0.05) is 84.9 Å². The van der Waals surface area contributed by atoms with Gasteiger partial charge in [-0.2, -0.15) is 12.6 Å². The van der Waals surface area contributed by atoms with Crippen LogP contribution in [0, 0.1) is 0 Å². The topological polar surface area (TPSA) is 57.1 Å². The second-order valence-corrected chi connectivity index (χ2v) is 10.1. The van der Waals surface area contributed by atoms with E-state index in [1.54, 1.807) is 0 Å². The summed E-state index contributed by atoms with van der Waals surface area (Å²) in [5, 5.41) is 0. The van der Waals surface area contributed by atoms with E-state index in [0.717, 1.165) is 44.9 Å². The lowest BCUT2D eigenvalue weighted by Gasteiger charge is -2.11. The molecule has 6 rings (SSSR count). The summed E-state index contributed by atoms with van der Waals surface area (Å²) in [6.07, 6.45) is 0. The van der Waals surface area contributed by atoms with Crippen LogP contribution in [0.25, 0.3) is 34.2 Å². The average molecular weight is 568 g/mol. The Morgan fingerprint density at radius 2 is 0.762 bits per heavy atom. The zero-order chi connectivity index (χ0) is 28.6. The van der Waals surface area contributed by atoms with Gasteiger partial charge in [-0.3, -0.25) is 0 Å². The zero-order valence-electron chi connectivity index (χ0n) is 22.9. The molecule has 0 aliphatic rings. The van der Waals surface area contributed by atoms with Crippen molar-refractivity contribution in [1.82, 2.24) is 15.0 Å². The highest BCUT2D eigenvalue weighted by Gasteiger charge is 2.13. The normalized spacial score (nSPS) is 10.8. The van der Waals surface area contributed by atoms with Crippen LogP contribution in [0.3, 0.4) is 0 Å². The Balaban J connectivity index is 1.27. The number of nitrogens with zero attached hydrogens (tertiary/aromatic N) is 3. The fourth-order valence-electron chi connectivity index (χ4n) is 4.40. The summed E-state index contributed by atoms with van der Waals surface area (Å²) in [4.78, 5) is 14.6. The van der Waals surface area contributed by atoms with Gasteiger partial charge in [0.25, 0.3) is 0 Å². The molecule has 6 heteroatoms. The number of aromatic nitrogens is 3. The molecule has 5 aromatic carbocycles. The van der Waals surface area contributed by atoms with Gasteiger partial charge in [0.1, 0.15) is 24.7 Å². The van der Waals surface area contributed by atoms with Crippen LogP contribution in [-0.4, -0.2) is 15.0 Å². The van der Waals surface area contributed by atoms with Gasteiger partial charge in [0.05, 0.1) is 0 Å². The van der Waals surface area contributed by atoms with Crippen molar-refractivity contribution in [3.8, 4) is 45.7 Å². The summed E-state index contributed by atoms with van der Waals surface area (Å²) >= 11 is 4.39. The van der Waals surface area contributed by atoms with Crippen molar-refractivity contribution >= 4 is 12.6 Å². The van der Waals surface area contributed by atoms with Gasteiger partial charge >= 0.3 is 0 Å². The van der Waals surface area contributed by atoms with E-state index in [1.165, 1.54) is 0 Å². The van der Waals surface area contributed by atoms with E-state index in [-0.39, 0.29) is 0 Å². The molecule has 6 aromatic rings. The minimum Gasteiger partial charge on any atom is -0.489 e. The Morgan fingerprint density at radius 3 is 1.12 bits per heavy atom. The third-order valence-corrected chi connectivity index (χ3v) is 7.12. The minimum absolute atomic E-state index is 0.508.